The van der Waals surface area contributed by atoms with Gasteiger partial charge in [0.05, 0.1) is 0 Å². The lowest BCUT2D eigenvalue weighted by Crippen LogP contribution is -2.34. The van der Waals surface area contributed by atoms with E-state index in [0.29, 0.717) is 30.4 Å². The quantitative estimate of drug-likeness (QED) is 0.820. The molecule has 0 saturated carbocycles. The topological polar surface area (TPSA) is 70.0 Å². The molecule has 0 spiro atoms. The third-order valence-electron chi connectivity index (χ3n) is 3.08. The fourth-order valence-corrected chi connectivity index (χ4v) is 4.05. The standard InChI is InChI=1S/C12H21N5O2S2/c1-5-13-10-11(17-8-9-20-12(17)14-10)21(18,19)16(4)7-6-15(2)3/h8-9,13H,5-7H2,1-4H3. The van der Waals surface area contributed by atoms with Gasteiger partial charge in [0, 0.05) is 38.3 Å². The van der Waals surface area contributed by atoms with Gasteiger partial charge in [0.2, 0.25) is 0 Å². The van der Waals surface area contributed by atoms with Crippen molar-refractivity contribution in [1.82, 2.24) is 18.6 Å². The first kappa shape index (κ1) is 16.2. The van der Waals surface area contributed by atoms with E-state index in [1.807, 2.05) is 31.3 Å². The molecule has 2 aromatic heterocycles. The molecule has 2 rings (SSSR count). The molecule has 0 amide bonds. The number of hydrogen-bond acceptors (Lipinski definition) is 6. The van der Waals surface area contributed by atoms with E-state index in [0.717, 1.165) is 0 Å². The monoisotopic (exact) mass is 331 g/mol. The highest BCUT2D eigenvalue weighted by Crippen LogP contribution is 2.27. The summed E-state index contributed by atoms with van der Waals surface area (Å²) in [5.74, 6) is 0.418. The average Bonchev–Trinajstić information content (AvgIpc) is 2.95. The van der Waals surface area contributed by atoms with Crippen LogP contribution in [0.15, 0.2) is 16.6 Å². The third kappa shape index (κ3) is 3.20. The number of fused-ring (bicyclic) bond motifs is 1. The number of anilines is 1. The molecule has 0 bridgehead atoms. The zero-order valence-electron chi connectivity index (χ0n) is 12.7. The number of rotatable bonds is 7. The minimum absolute atomic E-state index is 0.210. The van der Waals surface area contributed by atoms with E-state index < -0.39 is 10.0 Å². The Balaban J connectivity index is 2.42. The molecule has 2 aromatic rings. The maximum absolute atomic E-state index is 12.8. The Morgan fingerprint density at radius 2 is 2.05 bits per heavy atom. The maximum atomic E-state index is 12.8. The van der Waals surface area contributed by atoms with Gasteiger partial charge in [-0.25, -0.2) is 13.4 Å². The van der Waals surface area contributed by atoms with Crippen LogP contribution >= 0.6 is 11.3 Å². The summed E-state index contributed by atoms with van der Waals surface area (Å²) in [6, 6.07) is 0. The Kier molecular flexibility index (Phi) is 4.87. The number of hydrogen-bond donors (Lipinski definition) is 1. The number of nitrogens with zero attached hydrogens (tertiary/aromatic N) is 4. The lowest BCUT2D eigenvalue weighted by atomic mass is 10.6. The number of imidazole rings is 1. The first-order valence-electron chi connectivity index (χ1n) is 6.68. The van der Waals surface area contributed by atoms with Crippen LogP contribution in [0.25, 0.3) is 4.96 Å². The van der Waals surface area contributed by atoms with Crippen molar-refractivity contribution in [3.05, 3.63) is 11.6 Å². The van der Waals surface area contributed by atoms with Gasteiger partial charge >= 0.3 is 0 Å². The molecule has 21 heavy (non-hydrogen) atoms. The van der Waals surface area contributed by atoms with Crippen molar-refractivity contribution in [3.63, 3.8) is 0 Å². The molecular weight excluding hydrogens is 310 g/mol. The van der Waals surface area contributed by atoms with Gasteiger partial charge in [-0.1, -0.05) is 0 Å². The summed E-state index contributed by atoms with van der Waals surface area (Å²) in [6.45, 7) is 3.63. The van der Waals surface area contributed by atoms with Crippen molar-refractivity contribution >= 4 is 32.1 Å². The minimum atomic E-state index is -3.59. The van der Waals surface area contributed by atoms with E-state index in [9.17, 15) is 8.42 Å². The molecule has 1 N–H and O–H groups in total. The average molecular weight is 331 g/mol. The zero-order chi connectivity index (χ0) is 15.6. The van der Waals surface area contributed by atoms with Gasteiger partial charge in [-0.3, -0.25) is 4.40 Å². The van der Waals surface area contributed by atoms with Gasteiger partial charge in [0.25, 0.3) is 10.0 Å². The fourth-order valence-electron chi connectivity index (χ4n) is 1.90. The molecule has 7 nitrogen and oxygen atoms in total. The van der Waals surface area contributed by atoms with Crippen LogP contribution in [0.2, 0.25) is 0 Å². The second-order valence-corrected chi connectivity index (χ2v) is 7.81. The number of likely N-dealkylation sites (N-methyl/N-ethyl adjacent to an activating group) is 2. The second-order valence-electron chi connectivity index (χ2n) is 4.98. The number of sulfonamides is 1. The third-order valence-corrected chi connectivity index (χ3v) is 5.72. The van der Waals surface area contributed by atoms with Crippen molar-refractivity contribution < 1.29 is 8.42 Å². The molecule has 0 radical (unpaired) electrons. The van der Waals surface area contributed by atoms with E-state index in [4.69, 9.17) is 0 Å². The van der Waals surface area contributed by atoms with Crippen LogP contribution in [-0.2, 0) is 10.0 Å². The van der Waals surface area contributed by atoms with Crippen molar-refractivity contribution in [2.45, 2.75) is 11.9 Å². The number of aromatic nitrogens is 2. The predicted octanol–water partition coefficient (Wildman–Crippen LogP) is 1.01. The molecule has 0 atom stereocenters. The molecule has 0 aliphatic heterocycles. The van der Waals surface area contributed by atoms with E-state index in [1.54, 1.807) is 17.6 Å². The number of thiazole rings is 1. The zero-order valence-corrected chi connectivity index (χ0v) is 14.3. The van der Waals surface area contributed by atoms with Crippen molar-refractivity contribution in [2.24, 2.45) is 0 Å². The Morgan fingerprint density at radius 1 is 1.33 bits per heavy atom. The van der Waals surface area contributed by atoms with Crippen LogP contribution in [-0.4, -0.2) is 67.8 Å². The Bertz CT molecular complexity index is 704. The molecular formula is C12H21N5O2S2. The van der Waals surface area contributed by atoms with Gasteiger partial charge in [-0.2, -0.15) is 4.31 Å². The highest BCUT2D eigenvalue weighted by Gasteiger charge is 2.29. The van der Waals surface area contributed by atoms with Gasteiger partial charge in [0.1, 0.15) is 0 Å². The summed E-state index contributed by atoms with van der Waals surface area (Å²) in [7, 11) is 1.84. The molecule has 0 unspecified atom stereocenters. The van der Waals surface area contributed by atoms with Crippen LogP contribution in [0.4, 0.5) is 5.82 Å². The van der Waals surface area contributed by atoms with Crippen LogP contribution < -0.4 is 5.32 Å². The second kappa shape index (κ2) is 6.30. The van der Waals surface area contributed by atoms with E-state index >= 15 is 0 Å². The molecule has 0 saturated heterocycles. The summed E-state index contributed by atoms with van der Waals surface area (Å²) in [5, 5.41) is 5.08. The van der Waals surface area contributed by atoms with Gasteiger partial charge in [0.15, 0.2) is 15.8 Å². The van der Waals surface area contributed by atoms with Crippen molar-refractivity contribution in [1.29, 1.82) is 0 Å². The summed E-state index contributed by atoms with van der Waals surface area (Å²) in [5.41, 5.74) is 0. The van der Waals surface area contributed by atoms with E-state index in [2.05, 4.69) is 10.3 Å². The summed E-state index contributed by atoms with van der Waals surface area (Å²) >= 11 is 1.41. The van der Waals surface area contributed by atoms with Crippen molar-refractivity contribution in [2.75, 3.05) is 46.1 Å². The molecule has 9 heteroatoms. The largest absolute Gasteiger partial charge is 0.368 e. The lowest BCUT2D eigenvalue weighted by molar-refractivity contribution is 0.358. The smallest absolute Gasteiger partial charge is 0.262 e. The van der Waals surface area contributed by atoms with E-state index in [-0.39, 0.29) is 5.03 Å². The molecule has 0 aliphatic rings. The van der Waals surface area contributed by atoms with Gasteiger partial charge in [-0.05, 0) is 21.0 Å². The van der Waals surface area contributed by atoms with Gasteiger partial charge < -0.3 is 10.2 Å². The van der Waals surface area contributed by atoms with Crippen LogP contribution in [0.5, 0.6) is 0 Å². The Hall–Kier alpha value is -1.16. The summed E-state index contributed by atoms with van der Waals surface area (Å²) < 4.78 is 28.6. The van der Waals surface area contributed by atoms with Crippen molar-refractivity contribution in [3.8, 4) is 0 Å². The van der Waals surface area contributed by atoms with Crippen LogP contribution in [0.1, 0.15) is 6.92 Å². The summed E-state index contributed by atoms with van der Waals surface area (Å²) in [4.78, 5) is 6.98. The molecule has 2 heterocycles. The Labute approximate surface area is 129 Å². The predicted molar refractivity (Wildman–Crippen MR) is 85.6 cm³/mol. The Morgan fingerprint density at radius 3 is 2.67 bits per heavy atom. The molecule has 0 aliphatic carbocycles. The molecule has 0 fully saturated rings. The van der Waals surface area contributed by atoms with E-state index in [1.165, 1.54) is 15.6 Å². The first-order valence-corrected chi connectivity index (χ1v) is 9.00. The fraction of sp³-hybridized carbons (Fsp3) is 0.583. The highest BCUT2D eigenvalue weighted by atomic mass is 32.2. The first-order chi connectivity index (χ1) is 9.87. The molecule has 0 aromatic carbocycles. The SMILES string of the molecule is CCNc1nc2sccn2c1S(=O)(=O)N(C)CCN(C)C. The summed E-state index contributed by atoms with van der Waals surface area (Å²) in [6.07, 6.45) is 1.74. The van der Waals surface area contributed by atoms with Crippen LogP contribution in [0.3, 0.4) is 0 Å². The molecule has 118 valence electrons. The maximum Gasteiger partial charge on any atom is 0.262 e. The minimum Gasteiger partial charge on any atom is -0.368 e. The highest BCUT2D eigenvalue weighted by molar-refractivity contribution is 7.89. The number of nitrogens with one attached hydrogen (secondary N) is 1. The lowest BCUT2D eigenvalue weighted by Gasteiger charge is -2.19. The van der Waals surface area contributed by atoms with Gasteiger partial charge in [-0.15, -0.1) is 11.3 Å². The normalized spacial score (nSPS) is 12.7. The van der Waals surface area contributed by atoms with Crippen LogP contribution in [0, 0.1) is 0 Å².